The van der Waals surface area contributed by atoms with Crippen LogP contribution in [-0.4, -0.2) is 35.4 Å². The molecule has 0 spiro atoms. The average Bonchev–Trinajstić information content (AvgIpc) is 2.87. The van der Waals surface area contributed by atoms with Crippen molar-refractivity contribution in [1.29, 1.82) is 0 Å². The zero-order chi connectivity index (χ0) is 26.1. The second kappa shape index (κ2) is 13.7. The molecule has 0 fully saturated rings. The molecule has 3 aromatic carbocycles. The number of carbonyl (C=O) groups excluding carboxylic acids is 2. The van der Waals surface area contributed by atoms with E-state index in [0.29, 0.717) is 27.8 Å². The van der Waals surface area contributed by atoms with Crippen molar-refractivity contribution >= 4 is 50.9 Å². The van der Waals surface area contributed by atoms with Crippen LogP contribution in [0.15, 0.2) is 77.3 Å². The Kier molecular flexibility index (Phi) is 10.7. The number of amides is 2. The highest BCUT2D eigenvalue weighted by molar-refractivity contribution is 9.10. The van der Waals surface area contributed by atoms with Gasteiger partial charge in [-0.05, 0) is 55.3 Å². The number of ether oxygens (including phenoxy) is 1. The minimum atomic E-state index is -0.797. The first-order chi connectivity index (χ1) is 17.3. The Labute approximate surface area is 230 Å². The van der Waals surface area contributed by atoms with E-state index in [2.05, 4.69) is 21.2 Å². The quantitative estimate of drug-likeness (QED) is 0.270. The number of halogens is 3. The lowest BCUT2D eigenvalue weighted by Gasteiger charge is -2.32. The van der Waals surface area contributed by atoms with E-state index in [1.165, 1.54) is 4.90 Å². The fourth-order valence-electron chi connectivity index (χ4n) is 3.61. The molecule has 190 valence electrons. The van der Waals surface area contributed by atoms with Crippen LogP contribution < -0.4 is 10.1 Å². The van der Waals surface area contributed by atoms with Gasteiger partial charge in [0.25, 0.3) is 5.91 Å². The number of hydrogen-bond acceptors (Lipinski definition) is 3. The van der Waals surface area contributed by atoms with Crippen LogP contribution in [0.25, 0.3) is 0 Å². The molecule has 3 rings (SSSR count). The molecule has 2 atom stereocenters. The molecule has 0 saturated heterocycles. The third kappa shape index (κ3) is 7.99. The van der Waals surface area contributed by atoms with Gasteiger partial charge in [-0.2, -0.15) is 0 Å². The lowest BCUT2D eigenvalue weighted by molar-refractivity contribution is -0.143. The molecule has 1 N–H and O–H groups in total. The highest BCUT2D eigenvalue weighted by Crippen LogP contribution is 2.27. The van der Waals surface area contributed by atoms with Crippen molar-refractivity contribution in [2.75, 3.05) is 6.61 Å². The van der Waals surface area contributed by atoms with Crippen LogP contribution in [0.3, 0.4) is 0 Å². The molecule has 0 radical (unpaired) electrons. The number of rotatable bonds is 11. The Morgan fingerprint density at radius 1 is 0.972 bits per heavy atom. The van der Waals surface area contributed by atoms with Gasteiger partial charge in [-0.15, -0.1) is 0 Å². The molecule has 0 saturated carbocycles. The largest absolute Gasteiger partial charge is 0.484 e. The van der Waals surface area contributed by atoms with Crippen molar-refractivity contribution in [3.05, 3.63) is 98.4 Å². The summed E-state index contributed by atoms with van der Waals surface area (Å²) in [6, 6.07) is 21.1. The summed E-state index contributed by atoms with van der Waals surface area (Å²) in [5.41, 5.74) is 1.51. The number of carbonyl (C=O) groups is 2. The predicted octanol–water partition coefficient (Wildman–Crippen LogP) is 6.69. The van der Waals surface area contributed by atoms with E-state index in [4.69, 9.17) is 27.9 Å². The summed E-state index contributed by atoms with van der Waals surface area (Å²) in [5.74, 6) is -0.0477. The number of benzene rings is 3. The lowest BCUT2D eigenvalue weighted by atomic mass is 10.0. The second-order valence-electron chi connectivity index (χ2n) is 8.49. The van der Waals surface area contributed by atoms with E-state index in [9.17, 15) is 9.59 Å². The summed E-state index contributed by atoms with van der Waals surface area (Å²) in [6.45, 7) is 3.75. The highest BCUT2D eigenvalue weighted by atomic mass is 79.9. The predicted molar refractivity (Wildman–Crippen MR) is 148 cm³/mol. The summed E-state index contributed by atoms with van der Waals surface area (Å²) in [5, 5.41) is 3.89. The van der Waals surface area contributed by atoms with Gasteiger partial charge in [-0.25, -0.2) is 0 Å². The Bertz CT molecular complexity index is 1140. The average molecular weight is 592 g/mol. The summed E-state index contributed by atoms with van der Waals surface area (Å²) < 4.78 is 6.68. The molecule has 2 amide bonds. The van der Waals surface area contributed by atoms with Crippen molar-refractivity contribution in [2.45, 2.75) is 45.3 Å². The number of nitrogens with zero attached hydrogens (tertiary/aromatic N) is 1. The maximum absolute atomic E-state index is 13.6. The van der Waals surface area contributed by atoms with Crippen LogP contribution in [0, 0.1) is 0 Å². The van der Waals surface area contributed by atoms with Crippen LogP contribution in [0.1, 0.15) is 31.4 Å². The molecule has 0 aliphatic heterocycles. The SMILES string of the molecule is CCC(C)NC(=O)C(Cc1ccccc1)N(Cc1c(Cl)cccc1Cl)C(=O)COc1ccc(Br)cc1. The van der Waals surface area contributed by atoms with Crippen LogP contribution >= 0.6 is 39.1 Å². The molecule has 8 heteroatoms. The van der Waals surface area contributed by atoms with E-state index in [1.54, 1.807) is 30.3 Å². The van der Waals surface area contributed by atoms with Crippen LogP contribution in [-0.2, 0) is 22.6 Å². The van der Waals surface area contributed by atoms with E-state index < -0.39 is 6.04 Å². The second-order valence-corrected chi connectivity index (χ2v) is 10.2. The Morgan fingerprint density at radius 3 is 2.22 bits per heavy atom. The first-order valence-corrected chi connectivity index (χ1v) is 13.3. The van der Waals surface area contributed by atoms with Gasteiger partial charge < -0.3 is 15.0 Å². The monoisotopic (exact) mass is 590 g/mol. The molecule has 36 heavy (non-hydrogen) atoms. The van der Waals surface area contributed by atoms with Gasteiger partial charge >= 0.3 is 0 Å². The molecular formula is C28H29BrCl2N2O3. The molecule has 0 aliphatic carbocycles. The molecule has 0 aromatic heterocycles. The minimum Gasteiger partial charge on any atom is -0.484 e. The maximum atomic E-state index is 13.6. The fraction of sp³-hybridized carbons (Fsp3) is 0.286. The standard InChI is InChI=1S/C28H29BrCl2N2O3/c1-3-19(2)32-28(35)26(16-20-8-5-4-6-9-20)33(17-23-24(30)10-7-11-25(23)31)27(34)18-36-22-14-12-21(29)13-15-22/h4-15,19,26H,3,16-18H2,1-2H3,(H,32,35). The van der Waals surface area contributed by atoms with E-state index in [-0.39, 0.29) is 31.0 Å². The minimum absolute atomic E-state index is 0.0457. The molecule has 0 aliphatic rings. The normalized spacial score (nSPS) is 12.5. The third-order valence-electron chi connectivity index (χ3n) is 5.84. The molecule has 5 nitrogen and oxygen atoms in total. The van der Waals surface area contributed by atoms with E-state index in [0.717, 1.165) is 16.5 Å². The summed E-state index contributed by atoms with van der Waals surface area (Å²) in [7, 11) is 0. The zero-order valence-electron chi connectivity index (χ0n) is 20.2. The first-order valence-electron chi connectivity index (χ1n) is 11.7. The summed E-state index contributed by atoms with van der Waals surface area (Å²) in [4.78, 5) is 28.7. The molecular weight excluding hydrogens is 563 g/mol. The maximum Gasteiger partial charge on any atom is 0.261 e. The van der Waals surface area contributed by atoms with Crippen molar-refractivity contribution in [3.8, 4) is 5.75 Å². The number of nitrogens with one attached hydrogen (secondary N) is 1. The Morgan fingerprint density at radius 2 is 1.61 bits per heavy atom. The van der Waals surface area contributed by atoms with Crippen molar-refractivity contribution in [2.24, 2.45) is 0 Å². The highest BCUT2D eigenvalue weighted by Gasteiger charge is 2.32. The Balaban J connectivity index is 1.95. The summed E-state index contributed by atoms with van der Waals surface area (Å²) >= 11 is 16.3. The van der Waals surface area contributed by atoms with Crippen molar-refractivity contribution in [3.63, 3.8) is 0 Å². The third-order valence-corrected chi connectivity index (χ3v) is 7.08. The molecule has 2 unspecified atom stereocenters. The van der Waals surface area contributed by atoms with Crippen LogP contribution in [0.2, 0.25) is 10.0 Å². The Hall–Kier alpha value is -2.54. The van der Waals surface area contributed by atoms with Gasteiger partial charge in [-0.3, -0.25) is 9.59 Å². The van der Waals surface area contributed by atoms with E-state index >= 15 is 0 Å². The molecule has 3 aromatic rings. The van der Waals surface area contributed by atoms with Gasteiger partial charge in [0.2, 0.25) is 5.91 Å². The number of hydrogen-bond donors (Lipinski definition) is 1. The first kappa shape index (κ1) is 28.0. The van der Waals surface area contributed by atoms with Crippen LogP contribution in [0.5, 0.6) is 5.75 Å². The molecule has 0 bridgehead atoms. The van der Waals surface area contributed by atoms with Gasteiger partial charge in [0.1, 0.15) is 11.8 Å². The lowest BCUT2D eigenvalue weighted by Crippen LogP contribution is -2.53. The fourth-order valence-corrected chi connectivity index (χ4v) is 4.39. The van der Waals surface area contributed by atoms with Gasteiger partial charge in [-0.1, -0.05) is 82.5 Å². The van der Waals surface area contributed by atoms with Gasteiger partial charge in [0.05, 0.1) is 0 Å². The van der Waals surface area contributed by atoms with Gasteiger partial charge in [0, 0.05) is 39.1 Å². The van der Waals surface area contributed by atoms with Gasteiger partial charge in [0.15, 0.2) is 6.61 Å². The van der Waals surface area contributed by atoms with Crippen molar-refractivity contribution < 1.29 is 14.3 Å². The smallest absolute Gasteiger partial charge is 0.261 e. The van der Waals surface area contributed by atoms with Crippen LogP contribution in [0.4, 0.5) is 0 Å². The molecule has 0 heterocycles. The summed E-state index contributed by atoms with van der Waals surface area (Å²) in [6.07, 6.45) is 1.09. The van der Waals surface area contributed by atoms with Crippen molar-refractivity contribution in [1.82, 2.24) is 10.2 Å². The zero-order valence-corrected chi connectivity index (χ0v) is 23.3. The topological polar surface area (TPSA) is 58.6 Å². The van der Waals surface area contributed by atoms with E-state index in [1.807, 2.05) is 56.3 Å².